The topological polar surface area (TPSA) is 23.5 Å². The number of hydrogen-bond donors (Lipinski definition) is 1. The van der Waals surface area contributed by atoms with Crippen molar-refractivity contribution < 1.29 is 5.11 Å². The van der Waals surface area contributed by atoms with E-state index in [1.165, 1.54) is 5.56 Å². The molecule has 0 bridgehead atoms. The molecule has 2 rings (SSSR count). The third kappa shape index (κ3) is 3.06. The van der Waals surface area contributed by atoms with Gasteiger partial charge in [-0.05, 0) is 24.3 Å². The monoisotopic (exact) mass is 219 g/mol. The number of aliphatic hydroxyl groups excluding tert-OH is 1. The van der Waals surface area contributed by atoms with E-state index in [0.29, 0.717) is 5.92 Å². The van der Waals surface area contributed by atoms with E-state index in [9.17, 15) is 5.11 Å². The third-order valence-electron chi connectivity index (χ3n) is 3.46. The van der Waals surface area contributed by atoms with Gasteiger partial charge in [0.15, 0.2) is 0 Å². The molecule has 1 heterocycles. The first-order valence-electron chi connectivity index (χ1n) is 6.21. The van der Waals surface area contributed by atoms with Crippen molar-refractivity contribution in [2.24, 2.45) is 0 Å². The number of piperidine rings is 1. The highest BCUT2D eigenvalue weighted by Crippen LogP contribution is 2.18. The molecule has 0 unspecified atom stereocenters. The fourth-order valence-corrected chi connectivity index (χ4v) is 2.38. The minimum Gasteiger partial charge on any atom is -0.393 e. The molecular weight excluding hydrogens is 198 g/mol. The van der Waals surface area contributed by atoms with Gasteiger partial charge < -0.3 is 10.0 Å². The molecule has 0 aliphatic carbocycles. The van der Waals surface area contributed by atoms with Crippen LogP contribution in [0.5, 0.6) is 0 Å². The van der Waals surface area contributed by atoms with Gasteiger partial charge in [-0.15, -0.1) is 0 Å². The highest BCUT2D eigenvalue weighted by atomic mass is 16.3. The predicted molar refractivity (Wildman–Crippen MR) is 66.5 cm³/mol. The summed E-state index contributed by atoms with van der Waals surface area (Å²) in [7, 11) is 0. The largest absolute Gasteiger partial charge is 0.393 e. The van der Waals surface area contributed by atoms with Crippen molar-refractivity contribution in [2.75, 3.05) is 19.6 Å². The van der Waals surface area contributed by atoms with E-state index in [1.54, 1.807) is 0 Å². The first-order chi connectivity index (χ1) is 7.75. The smallest absolute Gasteiger partial charge is 0.0564 e. The first kappa shape index (κ1) is 11.6. The zero-order chi connectivity index (χ0) is 11.4. The summed E-state index contributed by atoms with van der Waals surface area (Å²) in [5.74, 6) is 0.580. The van der Waals surface area contributed by atoms with Crippen LogP contribution in [0.4, 0.5) is 0 Å². The summed E-state index contributed by atoms with van der Waals surface area (Å²) in [6.07, 6.45) is 1.80. The Labute approximate surface area is 97.9 Å². The van der Waals surface area contributed by atoms with E-state index in [4.69, 9.17) is 0 Å². The Morgan fingerprint density at radius 3 is 2.50 bits per heavy atom. The standard InChI is InChI=1S/C14H21NO/c1-12(13-5-3-2-4-6-13)11-15-9-7-14(16)8-10-15/h2-6,12,14,16H,7-11H2,1H3/t12-/m0/s1. The van der Waals surface area contributed by atoms with Crippen LogP contribution in [-0.4, -0.2) is 35.7 Å². The number of nitrogens with zero attached hydrogens (tertiary/aromatic N) is 1. The van der Waals surface area contributed by atoms with Crippen LogP contribution in [0.3, 0.4) is 0 Å². The molecule has 0 spiro atoms. The molecule has 0 saturated carbocycles. The summed E-state index contributed by atoms with van der Waals surface area (Å²) in [5.41, 5.74) is 1.41. The van der Waals surface area contributed by atoms with E-state index in [-0.39, 0.29) is 6.10 Å². The Morgan fingerprint density at radius 1 is 1.25 bits per heavy atom. The Hall–Kier alpha value is -0.860. The Bertz CT molecular complexity index is 304. The van der Waals surface area contributed by atoms with Crippen LogP contribution in [0, 0.1) is 0 Å². The van der Waals surface area contributed by atoms with Crippen LogP contribution in [0.2, 0.25) is 0 Å². The molecular formula is C14H21NO. The lowest BCUT2D eigenvalue weighted by Crippen LogP contribution is -2.37. The summed E-state index contributed by atoms with van der Waals surface area (Å²) in [6, 6.07) is 10.7. The Kier molecular flexibility index (Phi) is 3.97. The fourth-order valence-electron chi connectivity index (χ4n) is 2.38. The van der Waals surface area contributed by atoms with Gasteiger partial charge in [-0.3, -0.25) is 0 Å². The number of aliphatic hydroxyl groups is 1. The maximum absolute atomic E-state index is 9.45. The predicted octanol–water partition coefficient (Wildman–Crippen LogP) is 2.25. The summed E-state index contributed by atoms with van der Waals surface area (Å²) < 4.78 is 0. The maximum Gasteiger partial charge on any atom is 0.0564 e. The van der Waals surface area contributed by atoms with Crippen molar-refractivity contribution in [3.8, 4) is 0 Å². The van der Waals surface area contributed by atoms with E-state index in [2.05, 4.69) is 42.2 Å². The minimum absolute atomic E-state index is 0.0664. The molecule has 0 aromatic heterocycles. The van der Waals surface area contributed by atoms with Gasteiger partial charge in [0.25, 0.3) is 0 Å². The van der Waals surface area contributed by atoms with Crippen LogP contribution in [0.1, 0.15) is 31.2 Å². The molecule has 1 aromatic rings. The molecule has 1 fully saturated rings. The van der Waals surface area contributed by atoms with Gasteiger partial charge in [0.2, 0.25) is 0 Å². The van der Waals surface area contributed by atoms with Crippen molar-refractivity contribution in [1.82, 2.24) is 4.90 Å². The average molecular weight is 219 g/mol. The van der Waals surface area contributed by atoms with Gasteiger partial charge in [0.1, 0.15) is 0 Å². The molecule has 1 aliphatic heterocycles. The molecule has 88 valence electrons. The molecule has 1 atom stereocenters. The zero-order valence-corrected chi connectivity index (χ0v) is 9.97. The molecule has 16 heavy (non-hydrogen) atoms. The second-order valence-corrected chi connectivity index (χ2v) is 4.84. The van der Waals surface area contributed by atoms with E-state index in [0.717, 1.165) is 32.5 Å². The third-order valence-corrected chi connectivity index (χ3v) is 3.46. The van der Waals surface area contributed by atoms with Crippen LogP contribution < -0.4 is 0 Å². The molecule has 1 N–H and O–H groups in total. The molecule has 2 heteroatoms. The van der Waals surface area contributed by atoms with Gasteiger partial charge in [0.05, 0.1) is 6.10 Å². The van der Waals surface area contributed by atoms with Gasteiger partial charge in [-0.1, -0.05) is 37.3 Å². The molecule has 1 saturated heterocycles. The quantitative estimate of drug-likeness (QED) is 0.843. The van der Waals surface area contributed by atoms with E-state index >= 15 is 0 Å². The first-order valence-corrected chi connectivity index (χ1v) is 6.21. The van der Waals surface area contributed by atoms with E-state index < -0.39 is 0 Å². The Balaban J connectivity index is 1.86. The van der Waals surface area contributed by atoms with Crippen LogP contribution in [0.25, 0.3) is 0 Å². The number of rotatable bonds is 3. The zero-order valence-electron chi connectivity index (χ0n) is 9.97. The summed E-state index contributed by atoms with van der Waals surface area (Å²) in [6.45, 7) is 5.47. The van der Waals surface area contributed by atoms with Crippen molar-refractivity contribution in [3.05, 3.63) is 35.9 Å². The average Bonchev–Trinajstić information content (AvgIpc) is 2.33. The van der Waals surface area contributed by atoms with Crippen molar-refractivity contribution in [2.45, 2.75) is 31.8 Å². The lowest BCUT2D eigenvalue weighted by Gasteiger charge is -2.31. The van der Waals surface area contributed by atoms with Crippen LogP contribution >= 0.6 is 0 Å². The highest BCUT2D eigenvalue weighted by Gasteiger charge is 2.18. The maximum atomic E-state index is 9.45. The van der Waals surface area contributed by atoms with Crippen molar-refractivity contribution >= 4 is 0 Å². The minimum atomic E-state index is -0.0664. The second kappa shape index (κ2) is 5.46. The number of likely N-dealkylation sites (tertiary alicyclic amines) is 1. The molecule has 1 aromatic carbocycles. The van der Waals surface area contributed by atoms with Crippen molar-refractivity contribution in [1.29, 1.82) is 0 Å². The molecule has 1 aliphatic rings. The van der Waals surface area contributed by atoms with Crippen LogP contribution in [-0.2, 0) is 0 Å². The SMILES string of the molecule is C[C@@H](CN1CCC(O)CC1)c1ccccc1. The number of benzene rings is 1. The van der Waals surface area contributed by atoms with Gasteiger partial charge in [0, 0.05) is 19.6 Å². The van der Waals surface area contributed by atoms with Gasteiger partial charge in [-0.2, -0.15) is 0 Å². The summed E-state index contributed by atoms with van der Waals surface area (Å²) >= 11 is 0. The summed E-state index contributed by atoms with van der Waals surface area (Å²) in [5, 5.41) is 9.45. The number of hydrogen-bond acceptors (Lipinski definition) is 2. The fraction of sp³-hybridized carbons (Fsp3) is 0.571. The summed E-state index contributed by atoms with van der Waals surface area (Å²) in [4.78, 5) is 2.46. The van der Waals surface area contributed by atoms with Crippen LogP contribution in [0.15, 0.2) is 30.3 Å². The second-order valence-electron chi connectivity index (χ2n) is 4.84. The lowest BCUT2D eigenvalue weighted by atomic mass is 9.99. The normalized spacial score (nSPS) is 20.9. The lowest BCUT2D eigenvalue weighted by molar-refractivity contribution is 0.0803. The molecule has 0 radical (unpaired) electrons. The highest BCUT2D eigenvalue weighted by molar-refractivity contribution is 5.19. The molecule has 0 amide bonds. The molecule has 2 nitrogen and oxygen atoms in total. The van der Waals surface area contributed by atoms with E-state index in [1.807, 2.05) is 0 Å². The Morgan fingerprint density at radius 2 is 1.88 bits per heavy atom. The van der Waals surface area contributed by atoms with Gasteiger partial charge >= 0.3 is 0 Å². The van der Waals surface area contributed by atoms with Crippen molar-refractivity contribution in [3.63, 3.8) is 0 Å². The van der Waals surface area contributed by atoms with Gasteiger partial charge in [-0.25, -0.2) is 0 Å².